The third kappa shape index (κ3) is 4.37. The Labute approximate surface area is 167 Å². The highest BCUT2D eigenvalue weighted by Gasteiger charge is 2.40. The van der Waals surface area contributed by atoms with Crippen LogP contribution in [0.15, 0.2) is 66.3 Å². The Bertz CT molecular complexity index is 941. The van der Waals surface area contributed by atoms with Gasteiger partial charge in [0.25, 0.3) is 0 Å². The summed E-state index contributed by atoms with van der Waals surface area (Å²) in [5.74, 6) is -0.889. The normalized spacial score (nSPS) is 16.8. The molecule has 0 aliphatic carbocycles. The molecule has 8 heteroatoms. The number of amides is 1. The molecule has 0 fully saturated rings. The number of nitrogens with zero attached hydrogens (tertiary/aromatic N) is 2. The molecular weight excluding hydrogens is 376 g/mol. The minimum atomic E-state index is -1.37. The number of hydrogen-bond donors (Lipinski definition) is 2. The maximum atomic E-state index is 11.8. The molecule has 0 aromatic heterocycles. The summed E-state index contributed by atoms with van der Waals surface area (Å²) in [4.78, 5) is 29.8. The first-order chi connectivity index (χ1) is 14.0. The van der Waals surface area contributed by atoms with Crippen molar-refractivity contribution in [2.45, 2.75) is 12.6 Å². The molecule has 29 heavy (non-hydrogen) atoms. The van der Waals surface area contributed by atoms with Crippen molar-refractivity contribution in [1.29, 1.82) is 0 Å². The molecule has 2 aromatic rings. The first kappa shape index (κ1) is 19.9. The van der Waals surface area contributed by atoms with E-state index in [0.717, 1.165) is 10.5 Å². The largest absolute Gasteiger partial charge is 0.489 e. The Morgan fingerprint density at radius 3 is 2.59 bits per heavy atom. The molecule has 0 saturated carbocycles. The van der Waals surface area contributed by atoms with Crippen LogP contribution < -0.4 is 4.74 Å². The van der Waals surface area contributed by atoms with Crippen molar-refractivity contribution in [3.63, 3.8) is 0 Å². The Hall–Kier alpha value is -3.81. The Balaban J connectivity index is 2.02. The molecule has 1 unspecified atom stereocenters. The third-order valence-electron chi connectivity index (χ3n) is 4.36. The number of carbonyl (C=O) groups is 2. The molecule has 1 aliphatic heterocycles. The number of hydrogen-bond acceptors (Lipinski definition) is 5. The molecule has 0 saturated heterocycles. The molecule has 1 aliphatic rings. The molecule has 150 valence electrons. The number of aliphatic carboxylic acids is 1. The summed E-state index contributed by atoms with van der Waals surface area (Å²) in [6.45, 7) is 3.75. The van der Waals surface area contributed by atoms with Crippen LogP contribution in [0, 0.1) is 0 Å². The summed E-state index contributed by atoms with van der Waals surface area (Å²) in [7, 11) is 0. The smallest absolute Gasteiger partial charge is 0.408 e. The lowest BCUT2D eigenvalue weighted by Gasteiger charge is -2.33. The van der Waals surface area contributed by atoms with Gasteiger partial charge in [-0.1, -0.05) is 60.3 Å². The van der Waals surface area contributed by atoms with Gasteiger partial charge in [0.1, 0.15) is 24.7 Å². The van der Waals surface area contributed by atoms with E-state index in [1.807, 2.05) is 30.3 Å². The quantitative estimate of drug-likeness (QED) is 0.549. The highest BCUT2D eigenvalue weighted by Crippen LogP contribution is 2.36. The highest BCUT2D eigenvalue weighted by atomic mass is 16.6. The van der Waals surface area contributed by atoms with E-state index in [-0.39, 0.29) is 31.0 Å². The van der Waals surface area contributed by atoms with Gasteiger partial charge >= 0.3 is 12.1 Å². The van der Waals surface area contributed by atoms with Crippen molar-refractivity contribution in [2.24, 2.45) is 5.16 Å². The number of carboxylic acids is 1. The van der Waals surface area contributed by atoms with Crippen LogP contribution in [0.5, 0.6) is 5.75 Å². The molecule has 1 atom stereocenters. The molecule has 2 N–H and O–H groups in total. The Morgan fingerprint density at radius 1 is 1.17 bits per heavy atom. The van der Waals surface area contributed by atoms with E-state index in [2.05, 4.69) is 11.7 Å². The average Bonchev–Trinajstić information content (AvgIpc) is 2.72. The molecule has 1 amide bonds. The maximum absolute atomic E-state index is 11.8. The number of ether oxygens (including phenoxy) is 1. The van der Waals surface area contributed by atoms with Crippen molar-refractivity contribution >= 4 is 17.8 Å². The monoisotopic (exact) mass is 396 g/mol. The van der Waals surface area contributed by atoms with E-state index >= 15 is 0 Å². The van der Waals surface area contributed by atoms with Crippen molar-refractivity contribution in [3.8, 4) is 5.75 Å². The van der Waals surface area contributed by atoms with Gasteiger partial charge in [-0.2, -0.15) is 0 Å². The van der Waals surface area contributed by atoms with E-state index in [0.29, 0.717) is 11.3 Å². The predicted molar refractivity (Wildman–Crippen MR) is 105 cm³/mol. The Kier molecular flexibility index (Phi) is 6.13. The summed E-state index contributed by atoms with van der Waals surface area (Å²) in [6, 6.07) is 12.8. The fourth-order valence-corrected chi connectivity index (χ4v) is 3.13. The second kappa shape index (κ2) is 8.92. The zero-order valence-electron chi connectivity index (χ0n) is 15.5. The summed E-state index contributed by atoms with van der Waals surface area (Å²) >= 11 is 0. The standard InChI is InChI=1S/C21H20N2O6/c1-2-11-28-17-10-6-9-15-18(17)16(12-23(21(26)27)19(15)20(24)25)22-29-13-14-7-4-3-5-8-14/h2-10,19H,1,11-13H2,(H,24,25)(H,26,27). The van der Waals surface area contributed by atoms with E-state index < -0.39 is 18.1 Å². The van der Waals surface area contributed by atoms with Crippen molar-refractivity contribution in [3.05, 3.63) is 77.9 Å². The number of oxime groups is 1. The molecule has 0 spiro atoms. The van der Waals surface area contributed by atoms with Gasteiger partial charge in [-0.15, -0.1) is 0 Å². The van der Waals surface area contributed by atoms with Gasteiger partial charge in [0, 0.05) is 5.56 Å². The molecule has 1 heterocycles. The molecule has 0 radical (unpaired) electrons. The second-order valence-electron chi connectivity index (χ2n) is 6.27. The number of benzene rings is 2. The summed E-state index contributed by atoms with van der Waals surface area (Å²) < 4.78 is 5.66. The van der Waals surface area contributed by atoms with E-state index in [1.165, 1.54) is 0 Å². The number of fused-ring (bicyclic) bond motifs is 1. The molecule has 0 bridgehead atoms. The lowest BCUT2D eigenvalue weighted by atomic mass is 9.90. The van der Waals surface area contributed by atoms with E-state index in [1.54, 1.807) is 24.3 Å². The van der Waals surface area contributed by atoms with Crippen LogP contribution in [-0.2, 0) is 16.2 Å². The fraction of sp³-hybridized carbons (Fsp3) is 0.190. The van der Waals surface area contributed by atoms with E-state index in [9.17, 15) is 19.8 Å². The van der Waals surface area contributed by atoms with Crippen molar-refractivity contribution in [2.75, 3.05) is 13.2 Å². The van der Waals surface area contributed by atoms with Crippen LogP contribution in [-0.4, -0.2) is 46.0 Å². The van der Waals surface area contributed by atoms with Crippen LogP contribution >= 0.6 is 0 Å². The molecular formula is C21H20N2O6. The summed E-state index contributed by atoms with van der Waals surface area (Å²) in [6.07, 6.45) is 0.194. The topological polar surface area (TPSA) is 109 Å². The minimum Gasteiger partial charge on any atom is -0.489 e. The number of carboxylic acid groups (broad SMARTS) is 2. The third-order valence-corrected chi connectivity index (χ3v) is 4.36. The van der Waals surface area contributed by atoms with Gasteiger partial charge in [0.2, 0.25) is 0 Å². The van der Waals surface area contributed by atoms with Crippen LogP contribution in [0.2, 0.25) is 0 Å². The van der Waals surface area contributed by atoms with Gasteiger partial charge in [0.05, 0.1) is 6.54 Å². The van der Waals surface area contributed by atoms with Crippen molar-refractivity contribution < 1.29 is 29.4 Å². The number of rotatable bonds is 7. The summed E-state index contributed by atoms with van der Waals surface area (Å²) in [5, 5.41) is 23.3. The fourth-order valence-electron chi connectivity index (χ4n) is 3.13. The summed E-state index contributed by atoms with van der Waals surface area (Å²) in [5.41, 5.74) is 1.86. The lowest BCUT2D eigenvalue weighted by Crippen LogP contribution is -2.46. The van der Waals surface area contributed by atoms with Gasteiger partial charge in [-0.25, -0.2) is 9.59 Å². The maximum Gasteiger partial charge on any atom is 0.408 e. The van der Waals surface area contributed by atoms with Gasteiger partial charge in [0.15, 0.2) is 6.04 Å². The zero-order chi connectivity index (χ0) is 20.8. The minimum absolute atomic E-state index is 0.185. The first-order valence-corrected chi connectivity index (χ1v) is 8.85. The highest BCUT2D eigenvalue weighted by molar-refractivity contribution is 6.09. The van der Waals surface area contributed by atoms with Crippen LogP contribution in [0.25, 0.3) is 0 Å². The van der Waals surface area contributed by atoms with Gasteiger partial charge < -0.3 is 19.8 Å². The Morgan fingerprint density at radius 2 is 1.93 bits per heavy atom. The van der Waals surface area contributed by atoms with E-state index in [4.69, 9.17) is 9.57 Å². The van der Waals surface area contributed by atoms with Crippen LogP contribution in [0.4, 0.5) is 4.79 Å². The SMILES string of the molecule is C=CCOc1cccc2c1C(=NOCc1ccccc1)CN(C(=O)O)C2C(=O)O. The predicted octanol–water partition coefficient (Wildman–Crippen LogP) is 3.29. The average molecular weight is 396 g/mol. The van der Waals surface area contributed by atoms with Crippen LogP contribution in [0.1, 0.15) is 22.7 Å². The molecule has 2 aromatic carbocycles. The van der Waals surface area contributed by atoms with Crippen LogP contribution in [0.3, 0.4) is 0 Å². The zero-order valence-corrected chi connectivity index (χ0v) is 15.5. The lowest BCUT2D eigenvalue weighted by molar-refractivity contribution is -0.142. The van der Waals surface area contributed by atoms with Gasteiger partial charge in [-0.05, 0) is 17.2 Å². The van der Waals surface area contributed by atoms with Crippen molar-refractivity contribution in [1.82, 2.24) is 4.90 Å². The first-order valence-electron chi connectivity index (χ1n) is 8.85. The van der Waals surface area contributed by atoms with Gasteiger partial charge in [-0.3, -0.25) is 4.90 Å². The molecule has 3 rings (SSSR count). The molecule has 8 nitrogen and oxygen atoms in total. The second-order valence-corrected chi connectivity index (χ2v) is 6.27.